The van der Waals surface area contributed by atoms with Crippen molar-refractivity contribution in [2.24, 2.45) is 0 Å². The van der Waals surface area contributed by atoms with Crippen molar-refractivity contribution in [3.8, 4) is 11.4 Å². The molecule has 0 N–H and O–H groups in total. The van der Waals surface area contributed by atoms with E-state index in [0.29, 0.717) is 0 Å². The Kier molecular flexibility index (Phi) is 3.02. The van der Waals surface area contributed by atoms with Crippen LogP contribution in [0.2, 0.25) is 0 Å². The molecule has 3 heteroatoms. The summed E-state index contributed by atoms with van der Waals surface area (Å²) in [5.74, 6) is 0.820. The van der Waals surface area contributed by atoms with Crippen LogP contribution in [-0.4, -0.2) is 16.4 Å². The summed E-state index contributed by atoms with van der Waals surface area (Å²) < 4.78 is 7.28. The highest BCUT2D eigenvalue weighted by molar-refractivity contribution is 5.31. The smallest absolute Gasteiger partial charge is 0.157 e. The van der Waals surface area contributed by atoms with E-state index in [1.807, 2.05) is 41.2 Å². The number of para-hydroxylation sites is 1. The van der Waals surface area contributed by atoms with E-state index in [1.165, 1.54) is 0 Å². The third kappa shape index (κ3) is 2.37. The Morgan fingerprint density at radius 2 is 2.07 bits per heavy atom. The second-order valence-electron chi connectivity index (χ2n) is 3.30. The van der Waals surface area contributed by atoms with Crippen LogP contribution < -0.4 is 4.74 Å². The predicted molar refractivity (Wildman–Crippen MR) is 59.4 cm³/mol. The van der Waals surface area contributed by atoms with Gasteiger partial charge in [0.15, 0.2) is 5.75 Å². The first kappa shape index (κ1) is 9.77. The molecular formula is C12H14N2O. The van der Waals surface area contributed by atoms with E-state index in [2.05, 4.69) is 12.0 Å². The maximum absolute atomic E-state index is 5.47. The van der Waals surface area contributed by atoms with Gasteiger partial charge in [0.1, 0.15) is 0 Å². The summed E-state index contributed by atoms with van der Waals surface area (Å²) in [7, 11) is 0. The molecule has 0 saturated carbocycles. The second kappa shape index (κ2) is 4.64. The van der Waals surface area contributed by atoms with Crippen LogP contribution in [0.4, 0.5) is 0 Å². The number of benzene rings is 1. The molecule has 0 fully saturated rings. The van der Waals surface area contributed by atoms with Crippen LogP contribution in [0.25, 0.3) is 5.69 Å². The maximum atomic E-state index is 5.47. The number of rotatable bonds is 4. The molecule has 2 aromatic rings. The molecule has 0 aliphatic carbocycles. The van der Waals surface area contributed by atoms with Gasteiger partial charge < -0.3 is 4.74 Å². The first-order valence-corrected chi connectivity index (χ1v) is 5.13. The first-order chi connectivity index (χ1) is 7.40. The van der Waals surface area contributed by atoms with Crippen molar-refractivity contribution >= 4 is 0 Å². The number of hydrogen-bond donors (Lipinski definition) is 0. The largest absolute Gasteiger partial charge is 0.490 e. The zero-order chi connectivity index (χ0) is 10.5. The lowest BCUT2D eigenvalue weighted by Crippen LogP contribution is -1.94. The van der Waals surface area contributed by atoms with Crippen molar-refractivity contribution in [1.29, 1.82) is 0 Å². The quantitative estimate of drug-likeness (QED) is 0.762. The fourth-order valence-corrected chi connectivity index (χ4v) is 1.32. The highest BCUT2D eigenvalue weighted by atomic mass is 16.5. The van der Waals surface area contributed by atoms with Crippen LogP contribution >= 0.6 is 0 Å². The molecule has 0 radical (unpaired) electrons. The molecule has 1 heterocycles. The van der Waals surface area contributed by atoms with E-state index >= 15 is 0 Å². The van der Waals surface area contributed by atoms with Crippen molar-refractivity contribution in [3.05, 3.63) is 42.7 Å². The lowest BCUT2D eigenvalue weighted by Gasteiger charge is -2.00. The SMILES string of the molecule is CCCOc1cnn(-c2ccccc2)c1. The highest BCUT2D eigenvalue weighted by Gasteiger charge is 1.99. The molecule has 1 aromatic carbocycles. The molecule has 0 spiro atoms. The Balaban J connectivity index is 2.14. The van der Waals surface area contributed by atoms with E-state index < -0.39 is 0 Å². The van der Waals surface area contributed by atoms with Gasteiger partial charge in [0.05, 0.1) is 24.7 Å². The number of ether oxygens (including phenoxy) is 1. The van der Waals surface area contributed by atoms with Gasteiger partial charge in [0.25, 0.3) is 0 Å². The molecule has 0 unspecified atom stereocenters. The van der Waals surface area contributed by atoms with Gasteiger partial charge in [0, 0.05) is 0 Å². The third-order valence-electron chi connectivity index (χ3n) is 2.05. The summed E-state index contributed by atoms with van der Waals surface area (Å²) in [6, 6.07) is 9.99. The number of hydrogen-bond acceptors (Lipinski definition) is 2. The monoisotopic (exact) mass is 202 g/mol. The fourth-order valence-electron chi connectivity index (χ4n) is 1.32. The Bertz CT molecular complexity index is 409. The molecule has 0 saturated heterocycles. The molecule has 2 rings (SSSR count). The summed E-state index contributed by atoms with van der Waals surface area (Å²) in [5.41, 5.74) is 1.05. The zero-order valence-electron chi connectivity index (χ0n) is 8.76. The van der Waals surface area contributed by atoms with Crippen molar-refractivity contribution in [3.63, 3.8) is 0 Å². The molecule has 0 bridgehead atoms. The minimum atomic E-state index is 0.737. The minimum Gasteiger partial charge on any atom is -0.490 e. The minimum absolute atomic E-state index is 0.737. The zero-order valence-corrected chi connectivity index (χ0v) is 8.76. The molecule has 0 amide bonds. The van der Waals surface area contributed by atoms with Crippen molar-refractivity contribution in [1.82, 2.24) is 9.78 Å². The van der Waals surface area contributed by atoms with Gasteiger partial charge in [-0.15, -0.1) is 0 Å². The average Bonchev–Trinajstić information content (AvgIpc) is 2.76. The van der Waals surface area contributed by atoms with Gasteiger partial charge in [-0.2, -0.15) is 5.10 Å². The van der Waals surface area contributed by atoms with Gasteiger partial charge >= 0.3 is 0 Å². The molecular weight excluding hydrogens is 188 g/mol. The van der Waals surface area contributed by atoms with E-state index in [0.717, 1.165) is 24.5 Å². The summed E-state index contributed by atoms with van der Waals surface area (Å²) in [4.78, 5) is 0. The van der Waals surface area contributed by atoms with Crippen LogP contribution in [0.15, 0.2) is 42.7 Å². The molecule has 15 heavy (non-hydrogen) atoms. The summed E-state index contributed by atoms with van der Waals surface area (Å²) in [5, 5.41) is 4.23. The molecule has 1 aromatic heterocycles. The van der Waals surface area contributed by atoms with E-state index in [1.54, 1.807) is 6.20 Å². The van der Waals surface area contributed by atoms with E-state index in [-0.39, 0.29) is 0 Å². The van der Waals surface area contributed by atoms with E-state index in [4.69, 9.17) is 4.74 Å². The summed E-state index contributed by atoms with van der Waals surface area (Å²) in [6.07, 6.45) is 4.64. The van der Waals surface area contributed by atoms with E-state index in [9.17, 15) is 0 Å². The van der Waals surface area contributed by atoms with Gasteiger partial charge in [-0.1, -0.05) is 25.1 Å². The van der Waals surface area contributed by atoms with Crippen LogP contribution in [0.3, 0.4) is 0 Å². The molecule has 0 atom stereocenters. The predicted octanol–water partition coefficient (Wildman–Crippen LogP) is 2.66. The third-order valence-corrected chi connectivity index (χ3v) is 2.05. The number of nitrogens with zero attached hydrogens (tertiary/aromatic N) is 2. The lowest BCUT2D eigenvalue weighted by atomic mass is 10.3. The first-order valence-electron chi connectivity index (χ1n) is 5.13. The lowest BCUT2D eigenvalue weighted by molar-refractivity contribution is 0.317. The second-order valence-corrected chi connectivity index (χ2v) is 3.30. The van der Waals surface area contributed by atoms with Crippen LogP contribution in [0.1, 0.15) is 13.3 Å². The summed E-state index contributed by atoms with van der Waals surface area (Å²) >= 11 is 0. The van der Waals surface area contributed by atoms with Gasteiger partial charge in [0.2, 0.25) is 0 Å². The van der Waals surface area contributed by atoms with Gasteiger partial charge in [-0.3, -0.25) is 0 Å². The Hall–Kier alpha value is -1.77. The molecule has 0 aliphatic heterocycles. The normalized spacial score (nSPS) is 10.2. The summed E-state index contributed by atoms with van der Waals surface area (Å²) in [6.45, 7) is 2.82. The average molecular weight is 202 g/mol. The van der Waals surface area contributed by atoms with Crippen molar-refractivity contribution in [2.45, 2.75) is 13.3 Å². The fraction of sp³-hybridized carbons (Fsp3) is 0.250. The van der Waals surface area contributed by atoms with Crippen LogP contribution in [0, 0.1) is 0 Å². The maximum Gasteiger partial charge on any atom is 0.157 e. The van der Waals surface area contributed by atoms with Gasteiger partial charge in [-0.25, -0.2) is 4.68 Å². The number of aromatic nitrogens is 2. The standard InChI is InChI=1S/C12H14N2O/c1-2-8-15-12-9-13-14(10-12)11-6-4-3-5-7-11/h3-7,9-10H,2,8H2,1H3. The molecule has 3 nitrogen and oxygen atoms in total. The topological polar surface area (TPSA) is 27.1 Å². The van der Waals surface area contributed by atoms with Crippen molar-refractivity contribution in [2.75, 3.05) is 6.61 Å². The molecule has 0 aliphatic rings. The Morgan fingerprint density at radius 1 is 1.27 bits per heavy atom. The highest BCUT2D eigenvalue weighted by Crippen LogP contribution is 2.13. The Morgan fingerprint density at radius 3 is 2.80 bits per heavy atom. The Labute approximate surface area is 89.3 Å². The van der Waals surface area contributed by atoms with Crippen molar-refractivity contribution < 1.29 is 4.74 Å². The van der Waals surface area contributed by atoms with Crippen LogP contribution in [-0.2, 0) is 0 Å². The van der Waals surface area contributed by atoms with Crippen LogP contribution in [0.5, 0.6) is 5.75 Å². The van der Waals surface area contributed by atoms with Gasteiger partial charge in [-0.05, 0) is 18.6 Å². The molecule has 78 valence electrons.